The van der Waals surface area contributed by atoms with E-state index in [9.17, 15) is 13.2 Å². The number of rotatable bonds is 9. The second-order valence-electron chi connectivity index (χ2n) is 6.70. The van der Waals surface area contributed by atoms with Crippen LogP contribution in [-0.4, -0.2) is 33.2 Å². The zero-order chi connectivity index (χ0) is 21.6. The molecular formula is C21H27ClN2O4S. The molecule has 0 saturated heterocycles. The predicted molar refractivity (Wildman–Crippen MR) is 117 cm³/mol. The van der Waals surface area contributed by atoms with Gasteiger partial charge >= 0.3 is 0 Å². The van der Waals surface area contributed by atoms with Crippen LogP contribution in [0.5, 0.6) is 5.75 Å². The van der Waals surface area contributed by atoms with E-state index in [1.807, 2.05) is 38.1 Å². The number of carbonyl (C=O) groups is 1. The van der Waals surface area contributed by atoms with Crippen molar-refractivity contribution in [2.75, 3.05) is 17.2 Å². The largest absolute Gasteiger partial charge is 0.494 e. The number of hydrogen-bond acceptors (Lipinski definition) is 4. The molecule has 6 nitrogen and oxygen atoms in total. The minimum absolute atomic E-state index is 0.298. The molecule has 0 radical (unpaired) electrons. The van der Waals surface area contributed by atoms with Crippen molar-refractivity contribution in [1.82, 2.24) is 5.32 Å². The minimum atomic E-state index is -3.71. The Morgan fingerprint density at radius 3 is 2.34 bits per heavy atom. The van der Waals surface area contributed by atoms with E-state index in [1.165, 1.54) is 6.07 Å². The monoisotopic (exact) mass is 438 g/mol. The summed E-state index contributed by atoms with van der Waals surface area (Å²) < 4.78 is 31.5. The third-order valence-corrected chi connectivity index (χ3v) is 5.86. The van der Waals surface area contributed by atoms with Crippen molar-refractivity contribution in [3.05, 3.63) is 59.1 Å². The van der Waals surface area contributed by atoms with Crippen LogP contribution >= 0.6 is 11.6 Å². The first-order valence-electron chi connectivity index (χ1n) is 9.45. The molecule has 0 aliphatic carbocycles. The van der Waals surface area contributed by atoms with Crippen LogP contribution in [0.2, 0.25) is 5.02 Å². The number of anilines is 1. The lowest BCUT2D eigenvalue weighted by Gasteiger charge is -2.31. The Morgan fingerprint density at radius 2 is 1.83 bits per heavy atom. The quantitative estimate of drug-likeness (QED) is 0.637. The van der Waals surface area contributed by atoms with E-state index in [0.717, 1.165) is 21.9 Å². The highest BCUT2D eigenvalue weighted by molar-refractivity contribution is 7.92. The molecular weight excluding hydrogens is 412 g/mol. The molecule has 2 rings (SSSR count). The van der Waals surface area contributed by atoms with E-state index in [0.29, 0.717) is 23.7 Å². The van der Waals surface area contributed by atoms with Crippen LogP contribution in [0.3, 0.4) is 0 Å². The van der Waals surface area contributed by atoms with Crippen LogP contribution in [0.15, 0.2) is 48.5 Å². The summed E-state index contributed by atoms with van der Waals surface area (Å²) in [5, 5.41) is 3.31. The Hall–Kier alpha value is -2.25. The van der Waals surface area contributed by atoms with Crippen LogP contribution in [0, 0.1) is 0 Å². The highest BCUT2D eigenvalue weighted by atomic mass is 35.5. The Balaban J connectivity index is 2.24. The van der Waals surface area contributed by atoms with Gasteiger partial charge in [-0.2, -0.15) is 0 Å². The highest BCUT2D eigenvalue weighted by Crippen LogP contribution is 2.26. The fraction of sp³-hybridized carbons (Fsp3) is 0.381. The van der Waals surface area contributed by atoms with Gasteiger partial charge in [-0.3, -0.25) is 9.10 Å². The Labute approximate surface area is 177 Å². The molecule has 0 fully saturated rings. The summed E-state index contributed by atoms with van der Waals surface area (Å²) in [6.07, 6.45) is 1.39. The molecule has 0 aliphatic rings. The lowest BCUT2D eigenvalue weighted by Crippen LogP contribution is -2.49. The number of halogens is 1. The predicted octanol–water partition coefficient (Wildman–Crippen LogP) is 4.16. The van der Waals surface area contributed by atoms with E-state index in [-0.39, 0.29) is 11.9 Å². The van der Waals surface area contributed by atoms with Gasteiger partial charge in [0, 0.05) is 5.02 Å². The molecule has 2 aromatic rings. The third kappa shape index (κ3) is 6.11. The van der Waals surface area contributed by atoms with Crippen molar-refractivity contribution in [1.29, 1.82) is 0 Å². The van der Waals surface area contributed by atoms with E-state index in [4.69, 9.17) is 16.3 Å². The number of hydrogen-bond donors (Lipinski definition) is 1. The molecule has 1 amide bonds. The number of amides is 1. The van der Waals surface area contributed by atoms with E-state index in [2.05, 4.69) is 5.32 Å². The van der Waals surface area contributed by atoms with E-state index in [1.54, 1.807) is 25.1 Å². The molecule has 1 N–H and O–H groups in total. The van der Waals surface area contributed by atoms with E-state index >= 15 is 0 Å². The van der Waals surface area contributed by atoms with Gasteiger partial charge in [-0.05, 0) is 56.2 Å². The average Bonchev–Trinajstić information content (AvgIpc) is 2.65. The zero-order valence-corrected chi connectivity index (χ0v) is 18.6. The molecule has 0 aromatic heterocycles. The fourth-order valence-corrected chi connectivity index (χ4v) is 4.47. The fourth-order valence-electron chi connectivity index (χ4n) is 3.09. The number of benzene rings is 2. The Morgan fingerprint density at radius 1 is 1.17 bits per heavy atom. The first kappa shape index (κ1) is 23.0. The lowest BCUT2D eigenvalue weighted by molar-refractivity contribution is -0.122. The molecule has 8 heteroatoms. The topological polar surface area (TPSA) is 75.7 Å². The smallest absolute Gasteiger partial charge is 0.244 e. The van der Waals surface area contributed by atoms with Crippen molar-refractivity contribution in [2.24, 2.45) is 0 Å². The number of nitrogens with zero attached hydrogens (tertiary/aromatic N) is 1. The molecule has 0 spiro atoms. The second-order valence-corrected chi connectivity index (χ2v) is 8.99. The molecule has 0 heterocycles. The van der Waals surface area contributed by atoms with Gasteiger partial charge in [-0.25, -0.2) is 8.42 Å². The van der Waals surface area contributed by atoms with Crippen molar-refractivity contribution in [3.63, 3.8) is 0 Å². The van der Waals surface area contributed by atoms with Crippen molar-refractivity contribution < 1.29 is 17.9 Å². The molecule has 158 valence electrons. The molecule has 0 aliphatic heterocycles. The first-order chi connectivity index (χ1) is 13.7. The summed E-state index contributed by atoms with van der Waals surface area (Å²) in [4.78, 5) is 13.0. The van der Waals surface area contributed by atoms with Crippen molar-refractivity contribution >= 4 is 33.2 Å². The molecule has 0 saturated carbocycles. The molecule has 2 atom stereocenters. The number of sulfonamides is 1. The Kier molecular flexibility index (Phi) is 7.93. The van der Waals surface area contributed by atoms with Gasteiger partial charge < -0.3 is 10.1 Å². The second kappa shape index (κ2) is 9.98. The van der Waals surface area contributed by atoms with Gasteiger partial charge in [0.2, 0.25) is 15.9 Å². The average molecular weight is 439 g/mol. The van der Waals surface area contributed by atoms with Crippen molar-refractivity contribution in [3.8, 4) is 5.75 Å². The highest BCUT2D eigenvalue weighted by Gasteiger charge is 2.32. The summed E-state index contributed by atoms with van der Waals surface area (Å²) in [7, 11) is -3.71. The van der Waals surface area contributed by atoms with Gasteiger partial charge in [0.25, 0.3) is 0 Å². The van der Waals surface area contributed by atoms with Gasteiger partial charge in [0.15, 0.2) is 0 Å². The standard InChI is InChI=1S/C21H27ClN2O4S/c1-5-20(24(29(4,26)27)18-9-7-8-17(22)14-18)21(25)23-15(3)16-10-12-19(13-11-16)28-6-2/h7-15,20H,5-6H2,1-4H3,(H,23,25)/t15-,20-/m1/s1. The summed E-state index contributed by atoms with van der Waals surface area (Å²) in [6.45, 7) is 6.11. The van der Waals surface area contributed by atoms with Gasteiger partial charge in [-0.15, -0.1) is 0 Å². The summed E-state index contributed by atoms with van der Waals surface area (Å²) in [5.41, 5.74) is 1.25. The summed E-state index contributed by atoms with van der Waals surface area (Å²) in [5.74, 6) is 0.379. The van der Waals surface area contributed by atoms with Crippen LogP contribution in [0.25, 0.3) is 0 Å². The first-order valence-corrected chi connectivity index (χ1v) is 11.7. The maximum atomic E-state index is 13.0. The third-order valence-electron chi connectivity index (χ3n) is 4.44. The summed E-state index contributed by atoms with van der Waals surface area (Å²) in [6, 6.07) is 12.7. The van der Waals surface area contributed by atoms with Crippen LogP contribution in [-0.2, 0) is 14.8 Å². The minimum Gasteiger partial charge on any atom is -0.494 e. The van der Waals surface area contributed by atoms with Crippen LogP contribution in [0.4, 0.5) is 5.69 Å². The molecule has 29 heavy (non-hydrogen) atoms. The van der Waals surface area contributed by atoms with Gasteiger partial charge in [0.1, 0.15) is 11.8 Å². The maximum Gasteiger partial charge on any atom is 0.244 e. The van der Waals surface area contributed by atoms with Crippen LogP contribution < -0.4 is 14.4 Å². The number of carbonyl (C=O) groups excluding carboxylic acids is 1. The molecule has 0 bridgehead atoms. The number of nitrogens with one attached hydrogen (secondary N) is 1. The van der Waals surface area contributed by atoms with Gasteiger partial charge in [0.05, 0.1) is 24.6 Å². The SMILES string of the molecule is CCOc1ccc([C@@H](C)NC(=O)[C@@H](CC)N(c2cccc(Cl)c2)S(C)(=O)=O)cc1. The molecule has 0 unspecified atom stereocenters. The molecule has 2 aromatic carbocycles. The van der Waals surface area contributed by atoms with Crippen LogP contribution in [0.1, 0.15) is 38.8 Å². The lowest BCUT2D eigenvalue weighted by atomic mass is 10.1. The normalized spacial score (nSPS) is 13.4. The maximum absolute atomic E-state index is 13.0. The Bertz CT molecular complexity index is 932. The van der Waals surface area contributed by atoms with Gasteiger partial charge in [-0.1, -0.05) is 36.7 Å². The zero-order valence-electron chi connectivity index (χ0n) is 17.1. The summed E-state index contributed by atoms with van der Waals surface area (Å²) >= 11 is 6.03. The van der Waals surface area contributed by atoms with E-state index < -0.39 is 16.1 Å². The number of ether oxygens (including phenoxy) is 1. The van der Waals surface area contributed by atoms with Crippen molar-refractivity contribution in [2.45, 2.75) is 39.3 Å².